The number of fused-ring (bicyclic) bond motifs is 1. The topological polar surface area (TPSA) is 100 Å². The molecular weight excluding hydrogens is 538 g/mol. The minimum atomic E-state index is -0.951. The van der Waals surface area contributed by atoms with Crippen LogP contribution in [0, 0.1) is 11.8 Å². The molecule has 2 heterocycles. The third-order valence-corrected chi connectivity index (χ3v) is 7.98. The summed E-state index contributed by atoms with van der Waals surface area (Å²) in [5.74, 6) is -0.711. The Morgan fingerprint density at radius 3 is 2.66 bits per heavy atom. The molecule has 10 heteroatoms. The first-order chi connectivity index (χ1) is 16.8. The summed E-state index contributed by atoms with van der Waals surface area (Å²) in [4.78, 5) is 39.8. The number of ether oxygens (including phenoxy) is 4. The number of rotatable bonds is 7. The lowest BCUT2D eigenvalue weighted by Gasteiger charge is -2.38. The van der Waals surface area contributed by atoms with Crippen molar-refractivity contribution in [3.05, 3.63) is 44.7 Å². The van der Waals surface area contributed by atoms with Gasteiger partial charge < -0.3 is 24.3 Å². The van der Waals surface area contributed by atoms with Gasteiger partial charge in [-0.3, -0.25) is 9.59 Å². The van der Waals surface area contributed by atoms with Crippen molar-refractivity contribution >= 4 is 45.4 Å². The first-order valence-electron chi connectivity index (χ1n) is 11.4. The van der Waals surface area contributed by atoms with Crippen LogP contribution in [-0.2, 0) is 23.9 Å². The molecule has 35 heavy (non-hydrogen) atoms. The highest BCUT2D eigenvalue weighted by Crippen LogP contribution is 2.49. The van der Waals surface area contributed by atoms with Gasteiger partial charge in [-0.25, -0.2) is 4.79 Å². The summed E-state index contributed by atoms with van der Waals surface area (Å²) in [6, 6.07) is 3.54. The Kier molecular flexibility index (Phi) is 7.80. The summed E-state index contributed by atoms with van der Waals surface area (Å²) in [6.45, 7) is 6.04. The zero-order chi connectivity index (χ0) is 25.3. The second-order valence-corrected chi connectivity index (χ2v) is 10.8. The Labute approximate surface area is 216 Å². The second-order valence-electron chi connectivity index (χ2n) is 8.60. The molecule has 0 saturated carbocycles. The Morgan fingerprint density at radius 1 is 1.26 bits per heavy atom. The van der Waals surface area contributed by atoms with Gasteiger partial charge in [0.1, 0.15) is 12.5 Å². The van der Waals surface area contributed by atoms with Gasteiger partial charge in [0.15, 0.2) is 17.3 Å². The van der Waals surface area contributed by atoms with Gasteiger partial charge in [-0.2, -0.15) is 11.8 Å². The summed E-state index contributed by atoms with van der Waals surface area (Å²) in [6.07, 6.45) is 0.465. The maximum Gasteiger partial charge on any atom is 0.336 e. The Hall–Kier alpha value is -2.46. The number of halogens is 1. The zero-order valence-corrected chi connectivity index (χ0v) is 22.5. The van der Waals surface area contributed by atoms with Crippen molar-refractivity contribution in [3.63, 3.8) is 0 Å². The second kappa shape index (κ2) is 10.7. The standard InChI is InChI=1S/C25H28BrNO7S/c1-5-35-7-6-32-25(30)20-13(3)27-16-8-12(2)19(24(29)31-4)23(28)22(16)21(20)14-9-17-18(10-15(14)26)34-11-33-17/h9-10,12,19,21,27H,5-8,11H2,1-4H3/t12-,19+,21+/m0/s1. The van der Waals surface area contributed by atoms with E-state index in [-0.39, 0.29) is 25.1 Å². The number of ketones is 1. The number of dihydropyridines is 1. The predicted molar refractivity (Wildman–Crippen MR) is 134 cm³/mol. The molecule has 0 fully saturated rings. The highest BCUT2D eigenvalue weighted by atomic mass is 79.9. The fourth-order valence-corrected chi connectivity index (χ4v) is 5.87. The van der Waals surface area contributed by atoms with E-state index in [1.165, 1.54) is 7.11 Å². The lowest BCUT2D eigenvalue weighted by molar-refractivity contribution is -0.151. The van der Waals surface area contributed by atoms with E-state index < -0.39 is 23.8 Å². The van der Waals surface area contributed by atoms with Crippen molar-refractivity contribution in [2.45, 2.75) is 33.1 Å². The van der Waals surface area contributed by atoms with Gasteiger partial charge in [0.05, 0.1) is 12.7 Å². The van der Waals surface area contributed by atoms with Gasteiger partial charge in [-0.1, -0.05) is 29.8 Å². The van der Waals surface area contributed by atoms with Crippen LogP contribution in [0.4, 0.5) is 0 Å². The molecule has 1 aromatic rings. The molecule has 0 spiro atoms. The summed E-state index contributed by atoms with van der Waals surface area (Å²) in [5, 5.41) is 3.27. The molecule has 1 aromatic carbocycles. The average Bonchev–Trinajstić information content (AvgIpc) is 3.27. The number of thioether (sulfide) groups is 1. The molecule has 8 nitrogen and oxygen atoms in total. The number of allylic oxidation sites excluding steroid dienone is 3. The predicted octanol–water partition coefficient (Wildman–Crippen LogP) is 4.09. The van der Waals surface area contributed by atoms with E-state index in [2.05, 4.69) is 21.2 Å². The van der Waals surface area contributed by atoms with E-state index >= 15 is 0 Å². The van der Waals surface area contributed by atoms with Gasteiger partial charge in [0, 0.05) is 33.1 Å². The molecule has 0 radical (unpaired) electrons. The van der Waals surface area contributed by atoms with Crippen LogP contribution in [0.5, 0.6) is 11.5 Å². The third-order valence-electron chi connectivity index (χ3n) is 6.43. The molecule has 0 saturated heterocycles. The Bertz CT molecular complexity index is 1130. The molecule has 188 valence electrons. The number of carbonyl (C=O) groups is 3. The third kappa shape index (κ3) is 4.82. The van der Waals surface area contributed by atoms with E-state index in [0.717, 1.165) is 5.75 Å². The number of esters is 2. The van der Waals surface area contributed by atoms with Crippen LogP contribution in [0.2, 0.25) is 0 Å². The molecule has 0 bridgehead atoms. The number of carbonyl (C=O) groups excluding carboxylic acids is 3. The fraction of sp³-hybridized carbons (Fsp3) is 0.480. The van der Waals surface area contributed by atoms with Crippen LogP contribution in [0.25, 0.3) is 0 Å². The number of methoxy groups -OCH3 is 1. The minimum Gasteiger partial charge on any atom is -0.468 e. The fourth-order valence-electron chi connectivity index (χ4n) is 4.83. The maximum absolute atomic E-state index is 13.8. The van der Waals surface area contributed by atoms with E-state index in [1.54, 1.807) is 30.8 Å². The van der Waals surface area contributed by atoms with Gasteiger partial charge in [0.25, 0.3) is 0 Å². The maximum atomic E-state index is 13.8. The Morgan fingerprint density at radius 2 is 1.97 bits per heavy atom. The summed E-state index contributed by atoms with van der Waals surface area (Å²) in [7, 11) is 1.28. The lowest BCUT2D eigenvalue weighted by Crippen LogP contribution is -2.43. The molecule has 0 aromatic heterocycles. The van der Waals surface area contributed by atoms with Gasteiger partial charge in [-0.05, 0) is 42.7 Å². The quantitative estimate of drug-likeness (QED) is 0.297. The van der Waals surface area contributed by atoms with Crippen molar-refractivity contribution in [1.29, 1.82) is 0 Å². The number of benzene rings is 1. The van der Waals surface area contributed by atoms with E-state index in [9.17, 15) is 14.4 Å². The van der Waals surface area contributed by atoms with Crippen molar-refractivity contribution < 1.29 is 33.3 Å². The molecule has 0 amide bonds. The van der Waals surface area contributed by atoms with Crippen LogP contribution in [-0.4, -0.2) is 49.7 Å². The van der Waals surface area contributed by atoms with E-state index in [0.29, 0.717) is 56.2 Å². The Balaban J connectivity index is 1.82. The molecule has 3 atom stereocenters. The van der Waals surface area contributed by atoms with E-state index in [1.807, 2.05) is 13.8 Å². The van der Waals surface area contributed by atoms with Crippen LogP contribution in [0.3, 0.4) is 0 Å². The van der Waals surface area contributed by atoms with Crippen LogP contribution in [0.1, 0.15) is 38.7 Å². The molecule has 1 aliphatic carbocycles. The smallest absolute Gasteiger partial charge is 0.336 e. The zero-order valence-electron chi connectivity index (χ0n) is 20.1. The largest absolute Gasteiger partial charge is 0.468 e. The SMILES string of the molecule is CCSCCOC(=O)C1=C(C)NC2=C(C(=O)[C@H](C(=O)OC)[C@@H](C)C2)[C@@H]1c1cc2c(cc1Br)OCO2. The molecule has 3 aliphatic rings. The number of nitrogens with one attached hydrogen (secondary N) is 1. The van der Waals surface area contributed by atoms with Gasteiger partial charge >= 0.3 is 11.9 Å². The summed E-state index contributed by atoms with van der Waals surface area (Å²) >= 11 is 5.28. The summed E-state index contributed by atoms with van der Waals surface area (Å²) in [5.41, 5.74) is 2.68. The first-order valence-corrected chi connectivity index (χ1v) is 13.4. The number of Topliss-reactive ketones (excluding diaryl/α,β-unsaturated/α-hetero) is 1. The highest BCUT2D eigenvalue weighted by Gasteiger charge is 2.48. The van der Waals surface area contributed by atoms with Crippen molar-refractivity contribution in [2.75, 3.05) is 32.0 Å². The van der Waals surface area contributed by atoms with Crippen LogP contribution >= 0.6 is 27.7 Å². The van der Waals surface area contributed by atoms with Crippen molar-refractivity contribution in [2.24, 2.45) is 11.8 Å². The van der Waals surface area contributed by atoms with Crippen molar-refractivity contribution in [1.82, 2.24) is 5.32 Å². The highest BCUT2D eigenvalue weighted by molar-refractivity contribution is 9.10. The molecule has 1 N–H and O–H groups in total. The molecule has 2 aliphatic heterocycles. The number of hydrogen-bond donors (Lipinski definition) is 1. The monoisotopic (exact) mass is 565 g/mol. The first kappa shape index (κ1) is 25.6. The molecular formula is C25H28BrNO7S. The number of hydrogen-bond acceptors (Lipinski definition) is 9. The van der Waals surface area contributed by atoms with Crippen LogP contribution in [0.15, 0.2) is 39.1 Å². The normalized spacial score (nSPS) is 23.1. The molecule has 0 unspecified atom stereocenters. The summed E-state index contributed by atoms with van der Waals surface area (Å²) < 4.78 is 22.3. The average molecular weight is 566 g/mol. The molecule has 4 rings (SSSR count). The van der Waals surface area contributed by atoms with E-state index in [4.69, 9.17) is 18.9 Å². The minimum absolute atomic E-state index is 0.0884. The van der Waals surface area contributed by atoms with Crippen LogP contribution < -0.4 is 14.8 Å². The lowest BCUT2D eigenvalue weighted by atomic mass is 9.69. The van der Waals surface area contributed by atoms with Crippen molar-refractivity contribution in [3.8, 4) is 11.5 Å². The van der Waals surface area contributed by atoms with Gasteiger partial charge in [-0.15, -0.1) is 0 Å². The van der Waals surface area contributed by atoms with Gasteiger partial charge in [0.2, 0.25) is 6.79 Å².